The van der Waals surface area contributed by atoms with E-state index in [9.17, 15) is 4.79 Å². The Morgan fingerprint density at radius 2 is 1.96 bits per heavy atom. The van der Waals surface area contributed by atoms with Gasteiger partial charge in [-0.25, -0.2) is 15.0 Å². The number of anilines is 1. The molecule has 0 radical (unpaired) electrons. The second-order valence-corrected chi connectivity index (χ2v) is 6.78. The highest BCUT2D eigenvalue weighted by molar-refractivity contribution is 7.20. The minimum absolute atomic E-state index is 0.0940. The molecule has 0 atom stereocenters. The van der Waals surface area contributed by atoms with E-state index in [1.807, 2.05) is 36.1 Å². The molecule has 1 saturated heterocycles. The molecule has 0 saturated carbocycles. The summed E-state index contributed by atoms with van der Waals surface area (Å²) in [5.74, 6) is 1.79. The van der Waals surface area contributed by atoms with Crippen molar-refractivity contribution in [3.8, 4) is 0 Å². The molecule has 122 valence electrons. The first-order valence-electron chi connectivity index (χ1n) is 7.89. The first-order chi connectivity index (χ1) is 11.7. The Hall–Kier alpha value is -2.54. The Labute approximate surface area is 143 Å². The maximum absolute atomic E-state index is 12.7. The minimum atomic E-state index is 0.0940. The fourth-order valence-electron chi connectivity index (χ4n) is 2.89. The molecule has 4 heterocycles. The van der Waals surface area contributed by atoms with E-state index in [0.717, 1.165) is 39.8 Å². The molecule has 3 aromatic heterocycles. The van der Waals surface area contributed by atoms with E-state index in [1.165, 1.54) is 11.3 Å². The Morgan fingerprint density at radius 1 is 1.12 bits per heavy atom. The number of carbonyl (C=O) groups excluding carboxylic acids is 1. The van der Waals surface area contributed by atoms with E-state index in [1.54, 1.807) is 12.4 Å². The molecule has 0 N–H and O–H groups in total. The summed E-state index contributed by atoms with van der Waals surface area (Å²) in [7, 11) is 0. The lowest BCUT2D eigenvalue weighted by molar-refractivity contribution is 0.0751. The molecule has 1 aliphatic heterocycles. The molecule has 24 heavy (non-hydrogen) atoms. The Balaban J connectivity index is 1.46. The Bertz CT molecular complexity index is 852. The zero-order valence-electron chi connectivity index (χ0n) is 13.3. The number of aryl methyl sites for hydroxylation is 1. The third-order valence-corrected chi connectivity index (χ3v) is 5.20. The van der Waals surface area contributed by atoms with E-state index in [0.29, 0.717) is 13.1 Å². The number of carbonyl (C=O) groups is 1. The molecule has 1 amide bonds. The lowest BCUT2D eigenvalue weighted by Gasteiger charge is -2.35. The van der Waals surface area contributed by atoms with Crippen molar-refractivity contribution >= 4 is 33.3 Å². The van der Waals surface area contributed by atoms with E-state index in [4.69, 9.17) is 0 Å². The van der Waals surface area contributed by atoms with E-state index in [2.05, 4.69) is 19.9 Å². The van der Waals surface area contributed by atoms with Crippen LogP contribution in [0.4, 0.5) is 5.82 Å². The summed E-state index contributed by atoms with van der Waals surface area (Å²) in [6.45, 7) is 4.85. The van der Waals surface area contributed by atoms with Crippen molar-refractivity contribution < 1.29 is 4.79 Å². The van der Waals surface area contributed by atoms with Crippen molar-refractivity contribution in [3.05, 3.63) is 47.4 Å². The van der Waals surface area contributed by atoms with Crippen LogP contribution in [0.2, 0.25) is 0 Å². The fourth-order valence-corrected chi connectivity index (χ4v) is 3.86. The molecule has 0 aromatic carbocycles. The topological polar surface area (TPSA) is 62.2 Å². The maximum Gasteiger partial charge on any atom is 0.264 e. The van der Waals surface area contributed by atoms with Crippen LogP contribution in [0, 0.1) is 6.92 Å². The lowest BCUT2D eigenvalue weighted by atomic mass is 10.2. The van der Waals surface area contributed by atoms with Gasteiger partial charge in [-0.1, -0.05) is 6.07 Å². The van der Waals surface area contributed by atoms with Gasteiger partial charge in [0.25, 0.3) is 5.91 Å². The van der Waals surface area contributed by atoms with Crippen LogP contribution < -0.4 is 4.90 Å². The van der Waals surface area contributed by atoms with Gasteiger partial charge in [0.15, 0.2) is 0 Å². The number of amides is 1. The highest BCUT2D eigenvalue weighted by Gasteiger charge is 2.24. The monoisotopic (exact) mass is 339 g/mol. The predicted octanol–water partition coefficient (Wildman–Crippen LogP) is 2.36. The molecule has 1 fully saturated rings. The van der Waals surface area contributed by atoms with Crippen molar-refractivity contribution in [2.75, 3.05) is 31.1 Å². The van der Waals surface area contributed by atoms with Gasteiger partial charge in [-0.2, -0.15) is 0 Å². The quantitative estimate of drug-likeness (QED) is 0.717. The van der Waals surface area contributed by atoms with Crippen LogP contribution in [0.15, 0.2) is 36.7 Å². The zero-order chi connectivity index (χ0) is 16.5. The predicted molar refractivity (Wildman–Crippen MR) is 94.5 cm³/mol. The summed E-state index contributed by atoms with van der Waals surface area (Å²) in [6.07, 6.45) is 3.54. The molecule has 7 heteroatoms. The summed E-state index contributed by atoms with van der Waals surface area (Å²) >= 11 is 1.46. The first kappa shape index (κ1) is 15.0. The standard InChI is InChI=1S/C17H17N5OS/c1-12-18-6-4-15(20-12)21-7-9-22(10-8-21)17(23)14-11-13-3-2-5-19-16(13)24-14/h2-6,11H,7-10H2,1H3. The van der Waals surface area contributed by atoms with Crippen molar-refractivity contribution in [2.24, 2.45) is 0 Å². The van der Waals surface area contributed by atoms with Gasteiger partial charge in [-0.05, 0) is 25.1 Å². The second kappa shape index (κ2) is 6.16. The summed E-state index contributed by atoms with van der Waals surface area (Å²) in [5.41, 5.74) is 0. The lowest BCUT2D eigenvalue weighted by Crippen LogP contribution is -2.48. The molecule has 0 bridgehead atoms. The summed E-state index contributed by atoms with van der Waals surface area (Å²) in [6, 6.07) is 7.74. The highest BCUT2D eigenvalue weighted by atomic mass is 32.1. The summed E-state index contributed by atoms with van der Waals surface area (Å²) in [4.78, 5) is 31.4. The number of pyridine rings is 1. The van der Waals surface area contributed by atoms with Gasteiger partial charge in [0.2, 0.25) is 0 Å². The fraction of sp³-hybridized carbons (Fsp3) is 0.294. The van der Waals surface area contributed by atoms with Gasteiger partial charge < -0.3 is 9.80 Å². The number of nitrogens with zero attached hydrogens (tertiary/aromatic N) is 5. The average Bonchev–Trinajstić information content (AvgIpc) is 3.05. The molecule has 0 unspecified atom stereocenters. The van der Waals surface area contributed by atoms with Crippen LogP contribution in [0.3, 0.4) is 0 Å². The molecule has 1 aliphatic rings. The SMILES string of the molecule is Cc1nccc(N2CCN(C(=O)c3cc4cccnc4s3)CC2)n1. The van der Waals surface area contributed by atoms with Gasteiger partial charge in [0.05, 0.1) is 4.88 Å². The summed E-state index contributed by atoms with van der Waals surface area (Å²) < 4.78 is 0. The van der Waals surface area contributed by atoms with E-state index >= 15 is 0 Å². The number of aromatic nitrogens is 3. The molecular weight excluding hydrogens is 322 g/mol. The molecular formula is C17H17N5OS. The third kappa shape index (κ3) is 2.82. The van der Waals surface area contributed by atoms with Crippen LogP contribution in [0.25, 0.3) is 10.2 Å². The highest BCUT2D eigenvalue weighted by Crippen LogP contribution is 2.25. The number of fused-ring (bicyclic) bond motifs is 1. The average molecular weight is 339 g/mol. The maximum atomic E-state index is 12.7. The second-order valence-electron chi connectivity index (χ2n) is 5.75. The number of thiophene rings is 1. The van der Waals surface area contributed by atoms with Crippen molar-refractivity contribution in [3.63, 3.8) is 0 Å². The molecule has 0 aliphatic carbocycles. The number of piperazine rings is 1. The number of hydrogen-bond donors (Lipinski definition) is 0. The van der Waals surface area contributed by atoms with Crippen LogP contribution >= 0.6 is 11.3 Å². The molecule has 0 spiro atoms. The smallest absolute Gasteiger partial charge is 0.264 e. The number of rotatable bonds is 2. The van der Waals surface area contributed by atoms with Crippen LogP contribution in [-0.2, 0) is 0 Å². The van der Waals surface area contributed by atoms with Crippen molar-refractivity contribution in [1.82, 2.24) is 19.9 Å². The largest absolute Gasteiger partial charge is 0.353 e. The summed E-state index contributed by atoms with van der Waals surface area (Å²) in [5, 5.41) is 1.03. The number of hydrogen-bond acceptors (Lipinski definition) is 6. The van der Waals surface area contributed by atoms with E-state index in [-0.39, 0.29) is 5.91 Å². The van der Waals surface area contributed by atoms with Crippen LogP contribution in [0.1, 0.15) is 15.5 Å². The Morgan fingerprint density at radius 3 is 2.71 bits per heavy atom. The molecule has 6 nitrogen and oxygen atoms in total. The van der Waals surface area contributed by atoms with Gasteiger partial charge in [0, 0.05) is 44.0 Å². The van der Waals surface area contributed by atoms with Crippen LogP contribution in [0.5, 0.6) is 0 Å². The van der Waals surface area contributed by atoms with Gasteiger partial charge in [-0.15, -0.1) is 11.3 Å². The normalized spacial score (nSPS) is 15.0. The third-order valence-electron chi connectivity index (χ3n) is 4.16. The van der Waals surface area contributed by atoms with Crippen molar-refractivity contribution in [2.45, 2.75) is 6.92 Å². The van der Waals surface area contributed by atoms with Crippen LogP contribution in [-0.4, -0.2) is 51.9 Å². The van der Waals surface area contributed by atoms with Gasteiger partial charge in [-0.3, -0.25) is 4.79 Å². The van der Waals surface area contributed by atoms with Gasteiger partial charge >= 0.3 is 0 Å². The van der Waals surface area contributed by atoms with Crippen molar-refractivity contribution in [1.29, 1.82) is 0 Å². The zero-order valence-corrected chi connectivity index (χ0v) is 14.2. The van der Waals surface area contributed by atoms with Gasteiger partial charge in [0.1, 0.15) is 16.5 Å². The minimum Gasteiger partial charge on any atom is -0.353 e. The molecule has 4 rings (SSSR count). The Kier molecular flexibility index (Phi) is 3.86. The molecule has 3 aromatic rings. The van der Waals surface area contributed by atoms with E-state index < -0.39 is 0 Å². The first-order valence-corrected chi connectivity index (χ1v) is 8.71.